The van der Waals surface area contributed by atoms with E-state index in [2.05, 4.69) is 0 Å². The molecule has 11 N–H and O–H groups in total. The van der Waals surface area contributed by atoms with E-state index >= 15 is 0 Å². The van der Waals surface area contributed by atoms with Gasteiger partial charge in [0.15, 0.2) is 18.9 Å². The van der Waals surface area contributed by atoms with E-state index in [-0.39, 0.29) is 19.4 Å². The summed E-state index contributed by atoms with van der Waals surface area (Å²) in [6, 6.07) is 0. The Balaban J connectivity index is 1.42. The fraction of sp³-hybridized carbons (Fsp3) is 1.00. The van der Waals surface area contributed by atoms with Gasteiger partial charge in [-0.25, -0.2) is 0 Å². The van der Waals surface area contributed by atoms with Crippen molar-refractivity contribution in [3.8, 4) is 0 Å². The Hall–Kier alpha value is -0.720. The number of hydrogen-bond acceptors (Lipinski definition) is 18. The second-order valence-corrected chi connectivity index (χ2v) is 10.8. The first kappa shape index (κ1) is 34.2. The zero-order valence-electron chi connectivity index (χ0n) is 22.5. The van der Waals surface area contributed by atoms with Crippen LogP contribution in [0.3, 0.4) is 0 Å². The normalized spacial score (nSPS) is 50.5. The molecule has 0 unspecified atom stereocenters. The molecule has 4 saturated heterocycles. The summed E-state index contributed by atoms with van der Waals surface area (Å²) in [4.78, 5) is 0. The summed E-state index contributed by atoms with van der Waals surface area (Å²) < 4.78 is 38.7. The predicted molar refractivity (Wildman–Crippen MR) is 130 cm³/mol. The minimum absolute atomic E-state index is 0.0875. The number of hydrogen-bond donors (Lipinski definition) is 11. The molecule has 0 saturated carbocycles. The Morgan fingerprint density at radius 2 is 0.976 bits per heavy atom. The summed E-state index contributed by atoms with van der Waals surface area (Å²) in [5.74, 6) is 0. The van der Waals surface area contributed by atoms with Crippen LogP contribution in [-0.4, -0.2) is 194 Å². The topological polar surface area (TPSA) is 287 Å². The van der Waals surface area contributed by atoms with E-state index < -0.39 is 131 Å². The van der Waals surface area contributed by atoms with Crippen molar-refractivity contribution in [2.45, 2.75) is 117 Å². The molecular weight excluding hydrogens is 576 g/mol. The second kappa shape index (κ2) is 15.0. The maximum Gasteiger partial charge on any atom is 0.187 e. The lowest BCUT2D eigenvalue weighted by Gasteiger charge is -2.48. The highest BCUT2D eigenvalue weighted by Crippen LogP contribution is 2.33. The van der Waals surface area contributed by atoms with Crippen molar-refractivity contribution in [2.75, 3.05) is 33.0 Å². The predicted octanol–water partition coefficient (Wildman–Crippen LogP) is -7.01. The molecule has 0 radical (unpaired) electrons. The molecule has 17 atom stereocenters. The number of ether oxygens (including phenoxy) is 7. The van der Waals surface area contributed by atoms with Gasteiger partial charge in [0, 0.05) is 13.0 Å². The molecule has 18 nitrogen and oxygen atoms in total. The standard InChI is InChI=1S/C24H42O18/c25-4-8-3-10(30)14(31)22(37-8)41-20-12(6-27)39-24(18(35)16(20)33)42-21-13(7-28)38-23(17(34)15(21)32)40-19-9(29)1-2-36-11(19)5-26/h8-35H,1-7H2/t8-,9+,10-,11+,12+,13+,14+,15+,16+,17+,18+,19-,20+,21+,22+,23+,24+/m0/s1. The quantitative estimate of drug-likeness (QED) is 0.108. The summed E-state index contributed by atoms with van der Waals surface area (Å²) in [6.45, 7) is -2.43. The van der Waals surface area contributed by atoms with Crippen LogP contribution in [0.2, 0.25) is 0 Å². The highest BCUT2D eigenvalue weighted by atomic mass is 16.8. The molecule has 0 amide bonds. The third kappa shape index (κ3) is 7.22. The van der Waals surface area contributed by atoms with Gasteiger partial charge in [-0.2, -0.15) is 0 Å². The van der Waals surface area contributed by atoms with Gasteiger partial charge in [-0.15, -0.1) is 0 Å². The van der Waals surface area contributed by atoms with Crippen molar-refractivity contribution in [1.29, 1.82) is 0 Å². The highest BCUT2D eigenvalue weighted by molar-refractivity contribution is 4.96. The van der Waals surface area contributed by atoms with E-state index in [0.717, 1.165) is 0 Å². The Kier molecular flexibility index (Phi) is 12.2. The number of aliphatic hydroxyl groups is 11. The van der Waals surface area contributed by atoms with Crippen molar-refractivity contribution in [1.82, 2.24) is 0 Å². The van der Waals surface area contributed by atoms with Gasteiger partial charge in [-0.05, 0) is 6.42 Å². The van der Waals surface area contributed by atoms with E-state index in [9.17, 15) is 56.2 Å². The van der Waals surface area contributed by atoms with Crippen LogP contribution in [-0.2, 0) is 33.2 Å². The van der Waals surface area contributed by atoms with Crippen LogP contribution in [0.4, 0.5) is 0 Å². The minimum Gasteiger partial charge on any atom is -0.394 e. The van der Waals surface area contributed by atoms with Crippen LogP contribution in [0.5, 0.6) is 0 Å². The van der Waals surface area contributed by atoms with Gasteiger partial charge < -0.3 is 89.3 Å². The van der Waals surface area contributed by atoms with Crippen molar-refractivity contribution in [2.24, 2.45) is 0 Å². The average molecular weight is 619 g/mol. The van der Waals surface area contributed by atoms with Gasteiger partial charge in [0.05, 0.1) is 44.7 Å². The molecule has 4 rings (SSSR count). The van der Waals surface area contributed by atoms with E-state index in [0.29, 0.717) is 0 Å². The first-order chi connectivity index (χ1) is 20.0. The maximum atomic E-state index is 10.9. The number of rotatable bonds is 10. The molecule has 0 spiro atoms. The van der Waals surface area contributed by atoms with Crippen molar-refractivity contribution in [3.63, 3.8) is 0 Å². The van der Waals surface area contributed by atoms with Crippen LogP contribution in [0, 0.1) is 0 Å². The fourth-order valence-corrected chi connectivity index (χ4v) is 5.46. The molecule has 4 fully saturated rings. The van der Waals surface area contributed by atoms with E-state index in [1.807, 2.05) is 0 Å². The van der Waals surface area contributed by atoms with Crippen LogP contribution in [0.15, 0.2) is 0 Å². The van der Waals surface area contributed by atoms with Gasteiger partial charge in [-0.1, -0.05) is 0 Å². The Bertz CT molecular complexity index is 820. The third-order valence-electron chi connectivity index (χ3n) is 7.89. The minimum atomic E-state index is -1.91. The van der Waals surface area contributed by atoms with Crippen LogP contribution < -0.4 is 0 Å². The Morgan fingerprint density at radius 3 is 1.45 bits per heavy atom. The highest BCUT2D eigenvalue weighted by Gasteiger charge is 2.53. The third-order valence-corrected chi connectivity index (χ3v) is 7.89. The molecule has 0 bridgehead atoms. The monoisotopic (exact) mass is 618 g/mol. The molecule has 0 aromatic heterocycles. The molecule has 4 aliphatic rings. The largest absolute Gasteiger partial charge is 0.394 e. The van der Waals surface area contributed by atoms with Crippen molar-refractivity contribution in [3.05, 3.63) is 0 Å². The molecule has 4 aliphatic heterocycles. The van der Waals surface area contributed by atoms with Crippen LogP contribution in [0.1, 0.15) is 12.8 Å². The number of aliphatic hydroxyl groups excluding tert-OH is 11. The van der Waals surface area contributed by atoms with Gasteiger partial charge >= 0.3 is 0 Å². The maximum absolute atomic E-state index is 10.9. The molecule has 0 aromatic rings. The van der Waals surface area contributed by atoms with Crippen molar-refractivity contribution >= 4 is 0 Å². The summed E-state index contributed by atoms with van der Waals surface area (Å²) in [7, 11) is 0. The molecule has 18 heteroatoms. The van der Waals surface area contributed by atoms with Crippen LogP contribution in [0.25, 0.3) is 0 Å². The zero-order valence-corrected chi connectivity index (χ0v) is 22.5. The average Bonchev–Trinajstić information content (AvgIpc) is 2.98. The molecule has 4 heterocycles. The molecule has 246 valence electrons. The van der Waals surface area contributed by atoms with E-state index in [1.165, 1.54) is 0 Å². The lowest BCUT2D eigenvalue weighted by Crippen LogP contribution is -2.66. The van der Waals surface area contributed by atoms with Crippen molar-refractivity contribution < 1.29 is 89.3 Å². The lowest BCUT2D eigenvalue weighted by atomic mass is 9.96. The summed E-state index contributed by atoms with van der Waals surface area (Å²) in [6.07, 6.45) is -25.1. The van der Waals surface area contributed by atoms with Gasteiger partial charge in [-0.3, -0.25) is 0 Å². The molecule has 0 aliphatic carbocycles. The summed E-state index contributed by atoms with van der Waals surface area (Å²) in [5, 5.41) is 113. The fourth-order valence-electron chi connectivity index (χ4n) is 5.46. The van der Waals surface area contributed by atoms with Gasteiger partial charge in [0.2, 0.25) is 0 Å². The zero-order chi connectivity index (χ0) is 30.7. The Morgan fingerprint density at radius 1 is 0.500 bits per heavy atom. The Labute approximate surface area is 240 Å². The van der Waals surface area contributed by atoms with E-state index in [4.69, 9.17) is 33.2 Å². The second-order valence-electron chi connectivity index (χ2n) is 10.8. The molecular formula is C24H42O18. The van der Waals surface area contributed by atoms with Gasteiger partial charge in [0.25, 0.3) is 0 Å². The first-order valence-electron chi connectivity index (χ1n) is 13.8. The smallest absolute Gasteiger partial charge is 0.187 e. The summed E-state index contributed by atoms with van der Waals surface area (Å²) >= 11 is 0. The van der Waals surface area contributed by atoms with E-state index in [1.54, 1.807) is 0 Å². The summed E-state index contributed by atoms with van der Waals surface area (Å²) in [5.41, 5.74) is 0. The first-order valence-corrected chi connectivity index (χ1v) is 13.8. The van der Waals surface area contributed by atoms with Crippen LogP contribution >= 0.6 is 0 Å². The SMILES string of the molecule is OC[C@@H]1C[C@H](O)[C@@H](O)[C@@H](O[C@H]2[C@H](O)[C@@H](O)[C@@H](O[C@H]3[C@H](O)[C@@H](O)[C@@H](O[C@H]4[C@H](O)CCO[C@@H]4CO)O[C@@H]3CO)O[C@@H]2CO)O1. The van der Waals surface area contributed by atoms with Gasteiger partial charge in [0.1, 0.15) is 67.1 Å². The lowest BCUT2D eigenvalue weighted by molar-refractivity contribution is -0.380. The molecule has 0 aromatic carbocycles. The molecule has 42 heavy (non-hydrogen) atoms.